The minimum Gasteiger partial charge on any atom is -0.511 e. The lowest BCUT2D eigenvalue weighted by atomic mass is 9.53. The van der Waals surface area contributed by atoms with Gasteiger partial charge in [-0.3, -0.25) is 14.4 Å². The maximum atomic E-state index is 13.3. The summed E-state index contributed by atoms with van der Waals surface area (Å²) in [6.45, 7) is 1.45. The summed E-state index contributed by atoms with van der Waals surface area (Å²) in [5, 5.41) is 44.1. The minimum absolute atomic E-state index is 0.0175. The lowest BCUT2D eigenvalue weighted by Crippen LogP contribution is -2.56. The monoisotopic (exact) mass is 428 g/mol. The van der Waals surface area contributed by atoms with E-state index in [0.717, 1.165) is 0 Å². The van der Waals surface area contributed by atoms with Crippen LogP contribution in [-0.4, -0.2) is 63.0 Å². The third-order valence-corrected chi connectivity index (χ3v) is 6.94. The number of Topliss-reactive ketones (excluding diaryl/α,β-unsaturated/α-hetero) is 2. The summed E-state index contributed by atoms with van der Waals surface area (Å²) in [5.41, 5.74) is 3.78. The molecule has 9 heteroatoms. The molecule has 3 aliphatic rings. The fourth-order valence-electron chi connectivity index (χ4n) is 5.43. The van der Waals surface area contributed by atoms with Crippen molar-refractivity contribution in [2.45, 2.75) is 25.4 Å². The van der Waals surface area contributed by atoms with Crippen LogP contribution in [0.3, 0.4) is 0 Å². The number of fused-ring (bicyclic) bond motifs is 3. The van der Waals surface area contributed by atoms with E-state index in [-0.39, 0.29) is 34.6 Å². The van der Waals surface area contributed by atoms with Crippen LogP contribution in [-0.2, 0) is 9.59 Å². The third-order valence-electron chi connectivity index (χ3n) is 6.94. The molecule has 0 radical (unpaired) electrons. The zero-order chi connectivity index (χ0) is 23.0. The molecule has 6 N–H and O–H groups in total. The zero-order valence-corrected chi connectivity index (χ0v) is 17.3. The summed E-state index contributed by atoms with van der Waals surface area (Å²) in [6.07, 6.45) is -1.69. The van der Waals surface area contributed by atoms with Gasteiger partial charge in [0.25, 0.3) is 0 Å². The van der Waals surface area contributed by atoms with Gasteiger partial charge < -0.3 is 31.1 Å². The summed E-state index contributed by atoms with van der Waals surface area (Å²) in [4.78, 5) is 39.9. The second kappa shape index (κ2) is 6.58. The van der Waals surface area contributed by atoms with Crippen molar-refractivity contribution in [1.82, 2.24) is 4.90 Å². The van der Waals surface area contributed by atoms with Gasteiger partial charge in [-0.2, -0.15) is 0 Å². The highest BCUT2D eigenvalue weighted by atomic mass is 16.3. The smallest absolute Gasteiger partial charge is 0.229 e. The van der Waals surface area contributed by atoms with Crippen LogP contribution in [0.15, 0.2) is 41.0 Å². The normalized spacial score (nSPS) is 32.4. The largest absolute Gasteiger partial charge is 0.511 e. The molecule has 31 heavy (non-hydrogen) atoms. The van der Waals surface area contributed by atoms with Crippen molar-refractivity contribution in [2.24, 2.45) is 23.0 Å². The van der Waals surface area contributed by atoms with Gasteiger partial charge >= 0.3 is 0 Å². The second-order valence-corrected chi connectivity index (χ2v) is 8.74. The van der Waals surface area contributed by atoms with Gasteiger partial charge in [0.05, 0.1) is 23.4 Å². The van der Waals surface area contributed by atoms with E-state index in [2.05, 4.69) is 0 Å². The summed E-state index contributed by atoms with van der Waals surface area (Å²) < 4.78 is 0. The SMILES string of the molecule is CN(C)C1=C(O)C2(C)C(O)=C3C(C(N)=O)c4c(O)cccc4C(=O)C3C(O)C2CC1=O. The second-order valence-electron chi connectivity index (χ2n) is 8.74. The van der Waals surface area contributed by atoms with Crippen LogP contribution in [0.4, 0.5) is 0 Å². The fourth-order valence-corrected chi connectivity index (χ4v) is 5.43. The molecule has 0 bridgehead atoms. The molecule has 0 heterocycles. The van der Waals surface area contributed by atoms with E-state index in [1.807, 2.05) is 0 Å². The Morgan fingerprint density at radius 3 is 2.39 bits per heavy atom. The molecule has 5 atom stereocenters. The number of primary amides is 1. The molecule has 4 rings (SSSR count). The van der Waals surface area contributed by atoms with Crippen molar-refractivity contribution in [2.75, 3.05) is 14.1 Å². The average molecular weight is 428 g/mol. The van der Waals surface area contributed by atoms with E-state index >= 15 is 0 Å². The number of aliphatic hydroxyl groups is 3. The van der Waals surface area contributed by atoms with Gasteiger partial charge in [0.1, 0.15) is 23.0 Å². The first kappa shape index (κ1) is 20.9. The first-order chi connectivity index (χ1) is 14.4. The molecule has 5 unspecified atom stereocenters. The number of carbonyl (C=O) groups is 3. The summed E-state index contributed by atoms with van der Waals surface area (Å²) in [7, 11) is 3.12. The number of phenolic OH excluding ortho intramolecular Hbond substituents is 1. The Kier molecular flexibility index (Phi) is 4.44. The van der Waals surface area contributed by atoms with Crippen LogP contribution in [0.2, 0.25) is 0 Å². The number of carbonyl (C=O) groups excluding carboxylic acids is 3. The number of rotatable bonds is 2. The van der Waals surface area contributed by atoms with Crippen LogP contribution in [0.25, 0.3) is 0 Å². The predicted molar refractivity (Wildman–Crippen MR) is 108 cm³/mol. The molecule has 3 aliphatic carbocycles. The number of hydrogen-bond acceptors (Lipinski definition) is 8. The molecule has 0 fully saturated rings. The number of likely N-dealkylation sites (N-methyl/N-ethyl adjacent to an activating group) is 1. The predicted octanol–water partition coefficient (Wildman–Crippen LogP) is 0.887. The van der Waals surface area contributed by atoms with Crippen LogP contribution in [0.5, 0.6) is 5.75 Å². The van der Waals surface area contributed by atoms with E-state index in [9.17, 15) is 34.8 Å². The number of benzene rings is 1. The topological polar surface area (TPSA) is 161 Å². The van der Waals surface area contributed by atoms with Gasteiger partial charge in [-0.1, -0.05) is 12.1 Å². The number of amides is 1. The van der Waals surface area contributed by atoms with Gasteiger partial charge in [0.15, 0.2) is 11.6 Å². The summed E-state index contributed by atoms with van der Waals surface area (Å²) >= 11 is 0. The van der Waals surface area contributed by atoms with Gasteiger partial charge in [-0.05, 0) is 18.6 Å². The van der Waals surface area contributed by atoms with Crippen molar-refractivity contribution in [1.29, 1.82) is 0 Å². The first-order valence-electron chi connectivity index (χ1n) is 9.85. The summed E-state index contributed by atoms with van der Waals surface area (Å²) in [5.74, 6) is -7.01. The molecule has 164 valence electrons. The number of hydrogen-bond donors (Lipinski definition) is 5. The maximum absolute atomic E-state index is 13.3. The van der Waals surface area contributed by atoms with E-state index in [0.29, 0.717) is 0 Å². The average Bonchev–Trinajstić information content (AvgIpc) is 2.68. The first-order valence-corrected chi connectivity index (χ1v) is 9.85. The molecular formula is C22H24N2O7. The Morgan fingerprint density at radius 2 is 1.81 bits per heavy atom. The van der Waals surface area contributed by atoms with Crippen LogP contribution >= 0.6 is 0 Å². The van der Waals surface area contributed by atoms with E-state index < -0.39 is 58.3 Å². The Hall–Kier alpha value is -3.33. The molecule has 0 aliphatic heterocycles. The Labute approximate surface area is 178 Å². The van der Waals surface area contributed by atoms with Crippen molar-refractivity contribution >= 4 is 17.5 Å². The highest BCUT2D eigenvalue weighted by Crippen LogP contribution is 2.59. The number of nitrogens with two attached hydrogens (primary N) is 1. The molecule has 0 spiro atoms. The zero-order valence-electron chi connectivity index (χ0n) is 17.3. The van der Waals surface area contributed by atoms with Crippen molar-refractivity contribution in [3.8, 4) is 5.75 Å². The van der Waals surface area contributed by atoms with Crippen molar-refractivity contribution < 1.29 is 34.8 Å². The molecule has 1 aromatic rings. The van der Waals surface area contributed by atoms with Crippen LogP contribution in [0, 0.1) is 17.3 Å². The number of allylic oxidation sites excluding steroid dienone is 1. The van der Waals surface area contributed by atoms with Gasteiger partial charge in [0.2, 0.25) is 5.91 Å². The molecule has 0 saturated heterocycles. The minimum atomic E-state index is -1.63. The van der Waals surface area contributed by atoms with Crippen molar-refractivity contribution in [3.05, 3.63) is 52.1 Å². The molecule has 1 aromatic carbocycles. The molecular weight excluding hydrogens is 404 g/mol. The summed E-state index contributed by atoms with van der Waals surface area (Å²) in [6, 6.07) is 4.14. The number of aromatic hydroxyl groups is 1. The van der Waals surface area contributed by atoms with Crippen LogP contribution < -0.4 is 5.73 Å². The van der Waals surface area contributed by atoms with Crippen LogP contribution in [0.1, 0.15) is 35.2 Å². The fraction of sp³-hybridized carbons (Fsp3) is 0.409. The van der Waals surface area contributed by atoms with Gasteiger partial charge in [-0.15, -0.1) is 0 Å². The Morgan fingerprint density at radius 1 is 1.16 bits per heavy atom. The Balaban J connectivity index is 2.09. The van der Waals surface area contributed by atoms with E-state index in [1.54, 1.807) is 14.1 Å². The molecule has 1 amide bonds. The molecule has 0 aromatic heterocycles. The van der Waals surface area contributed by atoms with Gasteiger partial charge in [0, 0.05) is 37.6 Å². The number of phenols is 1. The lowest BCUT2D eigenvalue weighted by molar-refractivity contribution is -0.126. The molecule has 9 nitrogen and oxygen atoms in total. The molecule has 0 saturated carbocycles. The number of nitrogens with zero attached hydrogens (tertiary/aromatic N) is 1. The standard InChI is InChI=1S/C22H24N2O7/c1-22-9(7-11(26)16(20(22)30)24(2)3)18(28)15-13(19(22)29)14(21(23)31)12-8(17(15)27)5-4-6-10(12)25/h4-6,9,14-15,18,25,28-30H,7H2,1-3H3,(H2,23,31). The lowest BCUT2D eigenvalue weighted by Gasteiger charge is -2.51. The highest BCUT2D eigenvalue weighted by molar-refractivity contribution is 6.08. The third kappa shape index (κ3) is 2.49. The maximum Gasteiger partial charge on any atom is 0.229 e. The quantitative estimate of drug-likeness (QED) is 0.464. The number of ketones is 2. The number of aliphatic hydroxyl groups excluding tert-OH is 3. The van der Waals surface area contributed by atoms with E-state index in [1.165, 1.54) is 30.0 Å². The highest BCUT2D eigenvalue weighted by Gasteiger charge is 2.62. The van der Waals surface area contributed by atoms with Gasteiger partial charge in [-0.25, -0.2) is 0 Å². The van der Waals surface area contributed by atoms with E-state index in [4.69, 9.17) is 5.73 Å². The van der Waals surface area contributed by atoms with Crippen molar-refractivity contribution in [3.63, 3.8) is 0 Å². The Bertz CT molecular complexity index is 1100.